The molecule has 1 aliphatic rings. The summed E-state index contributed by atoms with van der Waals surface area (Å²) in [5.74, 6) is 0. The van der Waals surface area contributed by atoms with E-state index in [0.717, 1.165) is 25.7 Å². The molecule has 3 nitrogen and oxygen atoms in total. The molecule has 0 saturated carbocycles. The fourth-order valence-corrected chi connectivity index (χ4v) is 2.17. The smallest absolute Gasteiger partial charge is 0.0587 e. The van der Waals surface area contributed by atoms with Crippen molar-refractivity contribution in [2.45, 2.75) is 32.2 Å². The number of hydrogen-bond acceptors (Lipinski definition) is 3. The van der Waals surface area contributed by atoms with Crippen LogP contribution in [-0.4, -0.2) is 50.8 Å². The molecule has 1 rings (SSSR count). The molecule has 1 saturated heterocycles. The van der Waals surface area contributed by atoms with Crippen LogP contribution in [0.5, 0.6) is 0 Å². The average molecular weight is 200 g/mol. The van der Waals surface area contributed by atoms with Crippen molar-refractivity contribution >= 4 is 0 Å². The number of likely N-dealkylation sites (tertiary alicyclic amines) is 1. The third-order valence-corrected chi connectivity index (χ3v) is 3.03. The zero-order valence-electron chi connectivity index (χ0n) is 9.59. The first-order valence-electron chi connectivity index (χ1n) is 5.82. The molecule has 84 valence electrons. The minimum Gasteiger partial charge on any atom is -0.383 e. The first kappa shape index (κ1) is 12.0. The Morgan fingerprint density at radius 3 is 3.00 bits per heavy atom. The van der Waals surface area contributed by atoms with Crippen LogP contribution in [0.3, 0.4) is 0 Å². The second-order valence-corrected chi connectivity index (χ2v) is 3.98. The molecule has 0 aromatic carbocycles. The Kier molecular flexibility index (Phi) is 6.15. The molecule has 0 spiro atoms. The van der Waals surface area contributed by atoms with Crippen LogP contribution in [0.4, 0.5) is 0 Å². The molecular weight excluding hydrogens is 176 g/mol. The van der Waals surface area contributed by atoms with Gasteiger partial charge in [-0.05, 0) is 25.8 Å². The summed E-state index contributed by atoms with van der Waals surface area (Å²) >= 11 is 0. The van der Waals surface area contributed by atoms with Crippen LogP contribution in [0.25, 0.3) is 0 Å². The maximum Gasteiger partial charge on any atom is 0.0587 e. The predicted octanol–water partition coefficient (Wildman–Crippen LogP) is 1.10. The maximum atomic E-state index is 4.98. The molecule has 1 unspecified atom stereocenters. The average Bonchev–Trinajstić information content (AvgIpc) is 2.65. The van der Waals surface area contributed by atoms with Crippen molar-refractivity contribution in [3.05, 3.63) is 0 Å². The van der Waals surface area contributed by atoms with Gasteiger partial charge in [-0.25, -0.2) is 0 Å². The summed E-state index contributed by atoms with van der Waals surface area (Å²) < 4.78 is 4.98. The third kappa shape index (κ3) is 3.95. The Hall–Kier alpha value is -0.120. The monoisotopic (exact) mass is 200 g/mol. The van der Waals surface area contributed by atoms with Crippen LogP contribution in [0, 0.1) is 0 Å². The highest BCUT2D eigenvalue weighted by atomic mass is 16.5. The minimum atomic E-state index is 0.817. The molecule has 0 aromatic rings. The first-order valence-corrected chi connectivity index (χ1v) is 5.82. The van der Waals surface area contributed by atoms with E-state index in [2.05, 4.69) is 17.1 Å². The molecule has 0 bridgehead atoms. The number of rotatable bonds is 7. The van der Waals surface area contributed by atoms with Crippen LogP contribution in [0.2, 0.25) is 0 Å². The van der Waals surface area contributed by atoms with Gasteiger partial charge < -0.3 is 10.1 Å². The van der Waals surface area contributed by atoms with Crippen LogP contribution in [0.15, 0.2) is 0 Å². The maximum absolute atomic E-state index is 4.98. The molecule has 3 heteroatoms. The second-order valence-electron chi connectivity index (χ2n) is 3.98. The lowest BCUT2D eigenvalue weighted by Crippen LogP contribution is -2.36. The Morgan fingerprint density at radius 2 is 2.29 bits per heavy atom. The van der Waals surface area contributed by atoms with Crippen LogP contribution < -0.4 is 5.32 Å². The van der Waals surface area contributed by atoms with E-state index in [-0.39, 0.29) is 0 Å². The number of hydrogen-bond donors (Lipinski definition) is 1. The Bertz CT molecular complexity index is 141. The Balaban J connectivity index is 2.00. The zero-order chi connectivity index (χ0) is 10.2. The topological polar surface area (TPSA) is 24.5 Å². The van der Waals surface area contributed by atoms with Crippen molar-refractivity contribution in [1.82, 2.24) is 10.2 Å². The fraction of sp³-hybridized carbons (Fsp3) is 1.00. The van der Waals surface area contributed by atoms with E-state index in [1.165, 1.54) is 32.4 Å². The largest absolute Gasteiger partial charge is 0.383 e. The van der Waals surface area contributed by atoms with Crippen molar-refractivity contribution in [2.75, 3.05) is 39.9 Å². The first-order chi connectivity index (χ1) is 6.88. The van der Waals surface area contributed by atoms with E-state index in [0.29, 0.717) is 0 Å². The molecule has 1 fully saturated rings. The molecule has 1 aliphatic heterocycles. The van der Waals surface area contributed by atoms with Crippen molar-refractivity contribution in [2.24, 2.45) is 0 Å². The molecule has 1 heterocycles. The van der Waals surface area contributed by atoms with Crippen LogP contribution in [-0.2, 0) is 4.74 Å². The lowest BCUT2D eigenvalue weighted by Gasteiger charge is -2.23. The normalized spacial score (nSPS) is 23.1. The Morgan fingerprint density at radius 1 is 1.43 bits per heavy atom. The fourth-order valence-electron chi connectivity index (χ4n) is 2.17. The number of methoxy groups -OCH3 is 1. The summed E-state index contributed by atoms with van der Waals surface area (Å²) in [6.45, 7) is 7.67. The van der Waals surface area contributed by atoms with Gasteiger partial charge >= 0.3 is 0 Å². The van der Waals surface area contributed by atoms with E-state index in [4.69, 9.17) is 4.74 Å². The summed E-state index contributed by atoms with van der Waals surface area (Å²) in [6, 6.07) is 0.847. The molecule has 0 aromatic heterocycles. The zero-order valence-corrected chi connectivity index (χ0v) is 9.59. The van der Waals surface area contributed by atoms with Gasteiger partial charge in [-0.3, -0.25) is 4.90 Å². The van der Waals surface area contributed by atoms with Gasteiger partial charge in [-0.15, -0.1) is 0 Å². The number of nitrogens with zero attached hydrogens (tertiary/aromatic N) is 1. The molecular formula is C11H24N2O. The van der Waals surface area contributed by atoms with Gasteiger partial charge in [0.25, 0.3) is 0 Å². The lowest BCUT2D eigenvalue weighted by atomic mass is 10.2. The summed E-state index contributed by atoms with van der Waals surface area (Å²) in [4.78, 5) is 2.61. The van der Waals surface area contributed by atoms with Gasteiger partial charge in [-0.2, -0.15) is 0 Å². The molecule has 0 amide bonds. The molecule has 1 atom stereocenters. The van der Waals surface area contributed by atoms with Crippen LogP contribution in [0.1, 0.15) is 26.2 Å². The minimum absolute atomic E-state index is 0.817. The Labute approximate surface area is 87.8 Å². The van der Waals surface area contributed by atoms with E-state index in [9.17, 15) is 0 Å². The number of ether oxygens (including phenoxy) is 1. The van der Waals surface area contributed by atoms with Gasteiger partial charge in [0, 0.05) is 32.8 Å². The van der Waals surface area contributed by atoms with Crippen molar-refractivity contribution < 1.29 is 4.74 Å². The van der Waals surface area contributed by atoms with Crippen molar-refractivity contribution in [1.29, 1.82) is 0 Å². The SMILES string of the molecule is CCC1CCCN1CCNCCOC. The van der Waals surface area contributed by atoms with E-state index in [1.807, 2.05) is 0 Å². The summed E-state index contributed by atoms with van der Waals surface area (Å²) in [5, 5.41) is 3.39. The summed E-state index contributed by atoms with van der Waals surface area (Å²) in [5.41, 5.74) is 0. The molecule has 0 aliphatic carbocycles. The van der Waals surface area contributed by atoms with E-state index < -0.39 is 0 Å². The van der Waals surface area contributed by atoms with Gasteiger partial charge in [0.15, 0.2) is 0 Å². The quantitative estimate of drug-likeness (QED) is 0.623. The van der Waals surface area contributed by atoms with Gasteiger partial charge in [0.2, 0.25) is 0 Å². The summed E-state index contributed by atoms with van der Waals surface area (Å²) in [7, 11) is 1.75. The van der Waals surface area contributed by atoms with E-state index in [1.54, 1.807) is 7.11 Å². The molecule has 14 heavy (non-hydrogen) atoms. The second kappa shape index (κ2) is 7.21. The van der Waals surface area contributed by atoms with Gasteiger partial charge in [0.05, 0.1) is 6.61 Å². The standard InChI is InChI=1S/C11H24N2O/c1-3-11-5-4-8-13(11)9-6-12-7-10-14-2/h11-12H,3-10H2,1-2H3. The molecule has 1 N–H and O–H groups in total. The lowest BCUT2D eigenvalue weighted by molar-refractivity contribution is 0.195. The highest BCUT2D eigenvalue weighted by molar-refractivity contribution is 4.78. The molecule has 0 radical (unpaired) electrons. The van der Waals surface area contributed by atoms with Crippen molar-refractivity contribution in [3.8, 4) is 0 Å². The highest BCUT2D eigenvalue weighted by Crippen LogP contribution is 2.18. The van der Waals surface area contributed by atoms with Gasteiger partial charge in [0.1, 0.15) is 0 Å². The number of nitrogens with one attached hydrogen (secondary N) is 1. The predicted molar refractivity (Wildman–Crippen MR) is 59.6 cm³/mol. The van der Waals surface area contributed by atoms with E-state index >= 15 is 0 Å². The summed E-state index contributed by atoms with van der Waals surface area (Å²) in [6.07, 6.45) is 4.09. The van der Waals surface area contributed by atoms with Crippen molar-refractivity contribution in [3.63, 3.8) is 0 Å². The van der Waals surface area contributed by atoms with Gasteiger partial charge in [-0.1, -0.05) is 6.92 Å². The van der Waals surface area contributed by atoms with Crippen LogP contribution >= 0.6 is 0 Å². The third-order valence-electron chi connectivity index (χ3n) is 3.03. The highest BCUT2D eigenvalue weighted by Gasteiger charge is 2.21.